The van der Waals surface area contributed by atoms with Crippen LogP contribution in [0.1, 0.15) is 18.7 Å². The lowest BCUT2D eigenvalue weighted by atomic mass is 10.1. The fourth-order valence-electron chi connectivity index (χ4n) is 2.20. The van der Waals surface area contributed by atoms with E-state index in [9.17, 15) is 17.8 Å². The van der Waals surface area contributed by atoms with Crippen LogP contribution in [0.25, 0.3) is 0 Å². The maximum atomic E-state index is 13.3. The zero-order valence-electron chi connectivity index (χ0n) is 11.2. The van der Waals surface area contributed by atoms with E-state index in [1.54, 1.807) is 13.2 Å². The zero-order chi connectivity index (χ0) is 14.9. The highest BCUT2D eigenvalue weighted by Gasteiger charge is 2.37. The minimum Gasteiger partial charge on any atom is -0.321 e. The van der Waals surface area contributed by atoms with E-state index in [1.807, 2.05) is 0 Å². The highest BCUT2D eigenvalue weighted by Crippen LogP contribution is 2.26. The van der Waals surface area contributed by atoms with E-state index in [-0.39, 0.29) is 5.91 Å². The maximum Gasteiger partial charge on any atom is 0.241 e. The van der Waals surface area contributed by atoms with Crippen molar-refractivity contribution in [3.8, 4) is 0 Å². The van der Waals surface area contributed by atoms with Crippen molar-refractivity contribution in [3.05, 3.63) is 35.4 Å². The Balaban J connectivity index is 2.25. The van der Waals surface area contributed by atoms with E-state index < -0.39 is 34.6 Å². The summed E-state index contributed by atoms with van der Waals surface area (Å²) in [5.74, 6) is -1.66. The first-order valence-corrected chi connectivity index (χ1v) is 7.94. The first-order chi connectivity index (χ1) is 9.40. The summed E-state index contributed by atoms with van der Waals surface area (Å²) in [6.45, 7) is 2.01. The number of hydrogen-bond donors (Lipinski definition) is 1. The van der Waals surface area contributed by atoms with Gasteiger partial charge >= 0.3 is 0 Å². The summed E-state index contributed by atoms with van der Waals surface area (Å²) in [4.78, 5) is 13.6. The second kappa shape index (κ2) is 5.97. The summed E-state index contributed by atoms with van der Waals surface area (Å²) in [6, 6.07) is 3.15. The highest BCUT2D eigenvalue weighted by molar-refractivity contribution is 7.84. The van der Waals surface area contributed by atoms with Crippen molar-refractivity contribution in [2.75, 3.05) is 18.6 Å². The average Bonchev–Trinajstić information content (AvgIpc) is 2.67. The number of halogens is 2. The van der Waals surface area contributed by atoms with Crippen molar-refractivity contribution in [2.24, 2.45) is 0 Å². The van der Waals surface area contributed by atoms with Crippen LogP contribution in [-0.2, 0) is 15.6 Å². The summed E-state index contributed by atoms with van der Waals surface area (Å²) in [6.07, 6.45) is 1.04. The van der Waals surface area contributed by atoms with E-state index in [4.69, 9.17) is 0 Å². The number of rotatable bonds is 4. The van der Waals surface area contributed by atoms with Gasteiger partial charge in [0.25, 0.3) is 0 Å². The van der Waals surface area contributed by atoms with Crippen molar-refractivity contribution in [1.29, 1.82) is 0 Å². The first-order valence-electron chi connectivity index (χ1n) is 6.21. The molecule has 0 bridgehead atoms. The van der Waals surface area contributed by atoms with E-state index in [1.165, 1.54) is 11.0 Å². The molecule has 0 aromatic heterocycles. The minimum atomic E-state index is -1.02. The molecule has 1 heterocycles. The lowest BCUT2D eigenvalue weighted by Gasteiger charge is -2.24. The van der Waals surface area contributed by atoms with Crippen molar-refractivity contribution in [2.45, 2.75) is 19.1 Å². The predicted octanol–water partition coefficient (Wildman–Crippen LogP) is 1.16. The molecule has 0 radical (unpaired) electrons. The van der Waals surface area contributed by atoms with Crippen LogP contribution in [-0.4, -0.2) is 39.6 Å². The number of nitrogens with zero attached hydrogens (tertiary/aromatic N) is 1. The predicted molar refractivity (Wildman–Crippen MR) is 72.3 cm³/mol. The number of carbonyl (C=O) groups is 1. The topological polar surface area (TPSA) is 49.4 Å². The lowest BCUT2D eigenvalue weighted by molar-refractivity contribution is -0.129. The molecule has 1 aliphatic rings. The summed E-state index contributed by atoms with van der Waals surface area (Å²) >= 11 is 0. The van der Waals surface area contributed by atoms with E-state index in [0.717, 1.165) is 12.1 Å². The summed E-state index contributed by atoms with van der Waals surface area (Å²) in [5, 5.41) is 3.03. The molecular formula is C13H16F2N2O2S. The van der Waals surface area contributed by atoms with Crippen LogP contribution >= 0.6 is 0 Å². The lowest BCUT2D eigenvalue weighted by Crippen LogP contribution is -2.34. The molecule has 0 spiro atoms. The SMILES string of the molecule is CC1NC(c2ccc(F)c(F)c2)N(CCS(C)=O)C1=O. The van der Waals surface area contributed by atoms with Crippen LogP contribution in [0.15, 0.2) is 18.2 Å². The van der Waals surface area contributed by atoms with Gasteiger partial charge in [-0.2, -0.15) is 0 Å². The largest absolute Gasteiger partial charge is 0.321 e. The third-order valence-corrected chi connectivity index (χ3v) is 4.01. The number of carbonyl (C=O) groups excluding carboxylic acids is 1. The molecule has 3 unspecified atom stereocenters. The van der Waals surface area contributed by atoms with Gasteiger partial charge in [-0.25, -0.2) is 8.78 Å². The first kappa shape index (κ1) is 15.1. The standard InChI is InChI=1S/C13H16F2N2O2S/c1-8-13(18)17(5-6-20(2)19)12(16-8)9-3-4-10(14)11(15)7-9/h3-4,7-8,12,16H,5-6H2,1-2H3. The molecule has 7 heteroatoms. The molecule has 1 fully saturated rings. The number of amides is 1. The van der Waals surface area contributed by atoms with Gasteiger partial charge in [-0.1, -0.05) is 6.07 Å². The second-order valence-corrected chi connectivity index (χ2v) is 6.33. The molecule has 0 saturated carbocycles. The fourth-order valence-corrected chi connectivity index (χ4v) is 2.65. The van der Waals surface area contributed by atoms with E-state index in [2.05, 4.69) is 5.32 Å². The van der Waals surface area contributed by atoms with E-state index in [0.29, 0.717) is 17.9 Å². The highest BCUT2D eigenvalue weighted by atomic mass is 32.2. The minimum absolute atomic E-state index is 0.134. The van der Waals surface area contributed by atoms with Crippen LogP contribution < -0.4 is 5.32 Å². The van der Waals surface area contributed by atoms with Crippen LogP contribution in [0, 0.1) is 11.6 Å². The smallest absolute Gasteiger partial charge is 0.241 e. The van der Waals surface area contributed by atoms with Gasteiger partial charge in [0.05, 0.1) is 6.04 Å². The molecule has 110 valence electrons. The molecule has 3 atom stereocenters. The van der Waals surface area contributed by atoms with Gasteiger partial charge in [0.1, 0.15) is 6.17 Å². The Hall–Kier alpha value is -1.34. The molecule has 1 amide bonds. The van der Waals surface area contributed by atoms with Crippen LogP contribution in [0.4, 0.5) is 8.78 Å². The van der Waals surface area contributed by atoms with Gasteiger partial charge in [0.2, 0.25) is 5.91 Å². The maximum absolute atomic E-state index is 13.3. The molecule has 1 N–H and O–H groups in total. The normalized spacial score (nSPS) is 24.2. The quantitative estimate of drug-likeness (QED) is 0.908. The van der Waals surface area contributed by atoms with Crippen LogP contribution in [0.2, 0.25) is 0 Å². The van der Waals surface area contributed by atoms with Gasteiger partial charge in [0.15, 0.2) is 11.6 Å². The Morgan fingerprint density at radius 3 is 2.65 bits per heavy atom. The second-order valence-electron chi connectivity index (χ2n) is 4.77. The summed E-state index contributed by atoms with van der Waals surface area (Å²) < 4.78 is 37.5. The van der Waals surface area contributed by atoms with Crippen molar-refractivity contribution in [1.82, 2.24) is 10.2 Å². The molecule has 1 aliphatic heterocycles. The van der Waals surface area contributed by atoms with E-state index >= 15 is 0 Å². The third-order valence-electron chi connectivity index (χ3n) is 3.25. The van der Waals surface area contributed by atoms with Gasteiger partial charge in [-0.3, -0.25) is 14.3 Å². The number of hydrogen-bond acceptors (Lipinski definition) is 3. The van der Waals surface area contributed by atoms with Crippen molar-refractivity contribution in [3.63, 3.8) is 0 Å². The molecule has 4 nitrogen and oxygen atoms in total. The van der Waals surface area contributed by atoms with Crippen LogP contribution in [0.5, 0.6) is 0 Å². The van der Waals surface area contributed by atoms with Crippen molar-refractivity contribution >= 4 is 16.7 Å². The van der Waals surface area contributed by atoms with Crippen molar-refractivity contribution < 1.29 is 17.8 Å². The Bertz CT molecular complexity index is 553. The molecule has 1 aromatic rings. The zero-order valence-corrected chi connectivity index (χ0v) is 12.0. The Morgan fingerprint density at radius 1 is 1.35 bits per heavy atom. The number of benzene rings is 1. The third kappa shape index (κ3) is 3.04. The molecule has 20 heavy (non-hydrogen) atoms. The number of nitrogens with one attached hydrogen (secondary N) is 1. The monoisotopic (exact) mass is 302 g/mol. The Kier molecular flexibility index (Phi) is 4.49. The van der Waals surface area contributed by atoms with Gasteiger partial charge in [-0.15, -0.1) is 0 Å². The Morgan fingerprint density at radius 2 is 2.05 bits per heavy atom. The summed E-state index contributed by atoms with van der Waals surface area (Å²) in [5.41, 5.74) is 0.475. The molecule has 2 rings (SSSR count). The van der Waals surface area contributed by atoms with Gasteiger partial charge < -0.3 is 4.90 Å². The average molecular weight is 302 g/mol. The molecular weight excluding hydrogens is 286 g/mol. The Labute approximate surface area is 118 Å². The summed E-state index contributed by atoms with van der Waals surface area (Å²) in [7, 11) is -1.02. The molecule has 1 aromatic carbocycles. The van der Waals surface area contributed by atoms with Crippen LogP contribution in [0.3, 0.4) is 0 Å². The molecule has 0 aliphatic carbocycles. The van der Waals surface area contributed by atoms with Gasteiger partial charge in [-0.05, 0) is 24.6 Å². The fraction of sp³-hybridized carbons (Fsp3) is 0.462. The molecule has 1 saturated heterocycles. The van der Waals surface area contributed by atoms with Gasteiger partial charge in [0, 0.05) is 29.4 Å².